The van der Waals surface area contributed by atoms with E-state index < -0.39 is 0 Å². The molecule has 6 nitrogen and oxygen atoms in total. The summed E-state index contributed by atoms with van der Waals surface area (Å²) in [7, 11) is 1.59. The highest BCUT2D eigenvalue weighted by Crippen LogP contribution is 2.28. The maximum absolute atomic E-state index is 13.2. The molecule has 0 amide bonds. The summed E-state index contributed by atoms with van der Waals surface area (Å²) in [5.41, 5.74) is 2.54. The van der Waals surface area contributed by atoms with Crippen molar-refractivity contribution in [3.63, 3.8) is 0 Å². The third-order valence-corrected chi connectivity index (χ3v) is 4.76. The molecule has 1 heterocycles. The fourth-order valence-electron chi connectivity index (χ4n) is 2.93. The Morgan fingerprint density at radius 1 is 1.06 bits per heavy atom. The van der Waals surface area contributed by atoms with Gasteiger partial charge in [-0.25, -0.2) is 9.49 Å². The van der Waals surface area contributed by atoms with Crippen LogP contribution in [0.15, 0.2) is 77.9 Å². The Bertz CT molecular complexity index is 1250. The predicted molar refractivity (Wildman–Crippen MR) is 120 cm³/mol. The van der Waals surface area contributed by atoms with Crippen LogP contribution in [0.2, 0.25) is 0 Å². The SMILES string of the molecule is COc1cc(/C=N/n2c(-c3ccc(F)cc3)n[nH]c2=S)ccc1OCc1ccccc1. The molecule has 0 saturated heterocycles. The van der Waals surface area contributed by atoms with Crippen LogP contribution in [0.1, 0.15) is 11.1 Å². The molecule has 0 spiro atoms. The van der Waals surface area contributed by atoms with Crippen LogP contribution >= 0.6 is 12.2 Å². The molecule has 0 saturated carbocycles. The van der Waals surface area contributed by atoms with Crippen LogP contribution in [0.4, 0.5) is 4.39 Å². The van der Waals surface area contributed by atoms with Gasteiger partial charge in [-0.05, 0) is 65.8 Å². The van der Waals surface area contributed by atoms with E-state index in [1.165, 1.54) is 16.8 Å². The van der Waals surface area contributed by atoms with Crippen LogP contribution in [-0.2, 0) is 6.61 Å². The third kappa shape index (κ3) is 4.87. The molecule has 0 aliphatic heterocycles. The summed E-state index contributed by atoms with van der Waals surface area (Å²) in [6, 6.07) is 21.4. The highest BCUT2D eigenvalue weighted by atomic mass is 32.1. The maximum Gasteiger partial charge on any atom is 0.216 e. The minimum atomic E-state index is -0.324. The number of aromatic nitrogens is 3. The average Bonchev–Trinajstić information content (AvgIpc) is 3.18. The van der Waals surface area contributed by atoms with E-state index in [2.05, 4.69) is 15.3 Å². The van der Waals surface area contributed by atoms with E-state index in [-0.39, 0.29) is 5.82 Å². The first-order valence-electron chi connectivity index (χ1n) is 9.46. The summed E-state index contributed by atoms with van der Waals surface area (Å²) in [6.45, 7) is 0.440. The van der Waals surface area contributed by atoms with Crippen molar-refractivity contribution in [1.82, 2.24) is 14.9 Å². The van der Waals surface area contributed by atoms with Crippen LogP contribution in [0, 0.1) is 10.6 Å². The van der Waals surface area contributed by atoms with Gasteiger partial charge in [-0.3, -0.25) is 0 Å². The fourth-order valence-corrected chi connectivity index (χ4v) is 3.11. The van der Waals surface area contributed by atoms with Gasteiger partial charge in [-0.15, -0.1) is 0 Å². The lowest BCUT2D eigenvalue weighted by Crippen LogP contribution is -1.99. The molecule has 1 aromatic heterocycles. The zero-order valence-corrected chi connectivity index (χ0v) is 17.5. The number of methoxy groups -OCH3 is 1. The molecule has 1 N–H and O–H groups in total. The van der Waals surface area contributed by atoms with Gasteiger partial charge in [-0.1, -0.05) is 30.3 Å². The van der Waals surface area contributed by atoms with E-state index in [0.29, 0.717) is 34.3 Å². The molecular formula is C23H19FN4O2S. The summed E-state index contributed by atoms with van der Waals surface area (Å²) in [4.78, 5) is 0. The van der Waals surface area contributed by atoms with Crippen LogP contribution in [0.25, 0.3) is 11.4 Å². The first kappa shape index (κ1) is 20.5. The number of hydrogen-bond acceptors (Lipinski definition) is 5. The highest BCUT2D eigenvalue weighted by molar-refractivity contribution is 7.71. The molecule has 156 valence electrons. The zero-order chi connectivity index (χ0) is 21.6. The van der Waals surface area contributed by atoms with Gasteiger partial charge in [0.05, 0.1) is 13.3 Å². The van der Waals surface area contributed by atoms with Crippen molar-refractivity contribution in [2.75, 3.05) is 7.11 Å². The quantitative estimate of drug-likeness (QED) is 0.320. The average molecular weight is 434 g/mol. The largest absolute Gasteiger partial charge is 0.493 e. The summed E-state index contributed by atoms with van der Waals surface area (Å²) < 4.78 is 26.4. The number of halogens is 1. The van der Waals surface area contributed by atoms with Crippen molar-refractivity contribution >= 4 is 18.4 Å². The molecule has 0 bridgehead atoms. The molecular weight excluding hydrogens is 415 g/mol. The van der Waals surface area contributed by atoms with Crippen LogP contribution in [0.3, 0.4) is 0 Å². The number of nitrogens with zero attached hydrogens (tertiary/aromatic N) is 3. The van der Waals surface area contributed by atoms with Gasteiger partial charge in [0.2, 0.25) is 4.77 Å². The van der Waals surface area contributed by atoms with Gasteiger partial charge in [0.15, 0.2) is 17.3 Å². The van der Waals surface area contributed by atoms with Crippen molar-refractivity contribution in [3.8, 4) is 22.9 Å². The van der Waals surface area contributed by atoms with Gasteiger partial charge in [0.25, 0.3) is 0 Å². The van der Waals surface area contributed by atoms with Crippen molar-refractivity contribution in [1.29, 1.82) is 0 Å². The van der Waals surface area contributed by atoms with E-state index >= 15 is 0 Å². The minimum Gasteiger partial charge on any atom is -0.493 e. The van der Waals surface area contributed by atoms with Crippen molar-refractivity contribution in [3.05, 3.63) is 94.5 Å². The minimum absolute atomic E-state index is 0.324. The van der Waals surface area contributed by atoms with E-state index in [4.69, 9.17) is 21.7 Å². The Morgan fingerprint density at radius 3 is 2.58 bits per heavy atom. The van der Waals surface area contributed by atoms with E-state index in [9.17, 15) is 4.39 Å². The van der Waals surface area contributed by atoms with Gasteiger partial charge >= 0.3 is 0 Å². The second kappa shape index (κ2) is 9.36. The van der Waals surface area contributed by atoms with Crippen molar-refractivity contribution in [2.45, 2.75) is 6.61 Å². The fraction of sp³-hybridized carbons (Fsp3) is 0.0870. The van der Waals surface area contributed by atoms with Gasteiger partial charge in [0.1, 0.15) is 12.4 Å². The monoisotopic (exact) mass is 434 g/mol. The highest BCUT2D eigenvalue weighted by Gasteiger charge is 2.09. The molecule has 0 aliphatic carbocycles. The Morgan fingerprint density at radius 2 is 1.84 bits per heavy atom. The number of rotatable bonds is 7. The Balaban J connectivity index is 1.55. The number of nitrogens with one attached hydrogen (secondary N) is 1. The summed E-state index contributed by atoms with van der Waals surface area (Å²) in [6.07, 6.45) is 1.64. The Hall–Kier alpha value is -3.78. The normalized spacial score (nSPS) is 11.0. The third-order valence-electron chi connectivity index (χ3n) is 4.50. The first-order chi connectivity index (χ1) is 15.1. The van der Waals surface area contributed by atoms with Gasteiger partial charge in [-0.2, -0.15) is 14.9 Å². The molecule has 0 radical (unpaired) electrons. The Labute approximate surface area is 183 Å². The predicted octanol–water partition coefficient (Wildman–Crippen LogP) is 5.22. The lowest BCUT2D eigenvalue weighted by molar-refractivity contribution is 0.284. The summed E-state index contributed by atoms with van der Waals surface area (Å²) in [5, 5.41) is 11.3. The molecule has 4 rings (SSSR count). The zero-order valence-electron chi connectivity index (χ0n) is 16.7. The Kier molecular flexibility index (Phi) is 6.18. The maximum atomic E-state index is 13.2. The van der Waals surface area contributed by atoms with Crippen LogP contribution in [0.5, 0.6) is 11.5 Å². The molecule has 0 unspecified atom stereocenters. The number of benzene rings is 3. The van der Waals surface area contributed by atoms with Gasteiger partial charge < -0.3 is 9.47 Å². The molecule has 3 aromatic carbocycles. The first-order valence-corrected chi connectivity index (χ1v) is 9.87. The number of aromatic amines is 1. The second-order valence-electron chi connectivity index (χ2n) is 6.60. The number of ether oxygens (including phenoxy) is 2. The van der Waals surface area contributed by atoms with Crippen molar-refractivity contribution < 1.29 is 13.9 Å². The van der Waals surface area contributed by atoms with Gasteiger partial charge in [0, 0.05) is 5.56 Å². The number of hydrogen-bond donors (Lipinski definition) is 1. The molecule has 0 atom stereocenters. The molecule has 4 aromatic rings. The summed E-state index contributed by atoms with van der Waals surface area (Å²) in [5.74, 6) is 1.38. The molecule has 31 heavy (non-hydrogen) atoms. The van der Waals surface area contributed by atoms with Crippen molar-refractivity contribution in [2.24, 2.45) is 5.10 Å². The lowest BCUT2D eigenvalue weighted by Gasteiger charge is -2.11. The van der Waals surface area contributed by atoms with Crippen LogP contribution < -0.4 is 9.47 Å². The number of H-pyrrole nitrogens is 1. The van der Waals surface area contributed by atoms with E-state index in [1.54, 1.807) is 25.5 Å². The molecule has 8 heteroatoms. The standard InChI is InChI=1S/C23H19FN4O2S/c1-29-21-13-17(7-12-20(21)30-15-16-5-3-2-4-6-16)14-25-28-22(26-27-23(28)31)18-8-10-19(24)11-9-18/h2-14H,15H2,1H3,(H,27,31)/b25-14+. The smallest absolute Gasteiger partial charge is 0.216 e. The molecule has 0 fully saturated rings. The topological polar surface area (TPSA) is 64.4 Å². The summed E-state index contributed by atoms with van der Waals surface area (Å²) >= 11 is 5.28. The lowest BCUT2D eigenvalue weighted by atomic mass is 10.2. The van der Waals surface area contributed by atoms with Crippen LogP contribution in [-0.4, -0.2) is 28.2 Å². The second-order valence-corrected chi connectivity index (χ2v) is 6.99. The van der Waals surface area contributed by atoms with E-state index in [1.807, 2.05) is 48.5 Å². The molecule has 0 aliphatic rings. The van der Waals surface area contributed by atoms with E-state index in [0.717, 1.165) is 11.1 Å².